The number of anilines is 1. The van der Waals surface area contributed by atoms with E-state index in [-0.39, 0.29) is 33.6 Å². The third kappa shape index (κ3) is 5.40. The van der Waals surface area contributed by atoms with Crippen LogP contribution in [0.4, 0.5) is 16.2 Å². The van der Waals surface area contributed by atoms with Crippen molar-refractivity contribution in [1.82, 2.24) is 5.32 Å². The van der Waals surface area contributed by atoms with Crippen molar-refractivity contribution < 1.29 is 24.0 Å². The number of carbonyl (C=O) groups is 3. The molecule has 1 heterocycles. The van der Waals surface area contributed by atoms with E-state index in [2.05, 4.69) is 21.2 Å². The van der Waals surface area contributed by atoms with Gasteiger partial charge in [-0.25, -0.2) is 9.69 Å². The van der Waals surface area contributed by atoms with Crippen molar-refractivity contribution in [3.63, 3.8) is 0 Å². The van der Waals surface area contributed by atoms with Crippen molar-refractivity contribution in [3.05, 3.63) is 102 Å². The van der Waals surface area contributed by atoms with Gasteiger partial charge < -0.3 is 4.74 Å². The predicted molar refractivity (Wildman–Crippen MR) is 137 cm³/mol. The van der Waals surface area contributed by atoms with E-state index < -0.39 is 22.8 Å². The lowest BCUT2D eigenvalue weighted by atomic mass is 10.1. The van der Waals surface area contributed by atoms with E-state index in [0.717, 1.165) is 10.5 Å². The molecule has 0 saturated carbocycles. The van der Waals surface area contributed by atoms with Crippen molar-refractivity contribution in [1.29, 1.82) is 0 Å². The molecule has 1 aliphatic rings. The van der Waals surface area contributed by atoms with Gasteiger partial charge in [-0.2, -0.15) is 0 Å². The second-order valence-electron chi connectivity index (χ2n) is 7.46. The van der Waals surface area contributed by atoms with Crippen molar-refractivity contribution in [2.45, 2.75) is 6.61 Å². The zero-order valence-electron chi connectivity index (χ0n) is 18.0. The minimum Gasteiger partial charge on any atom is -0.488 e. The molecule has 0 radical (unpaired) electrons. The molecule has 36 heavy (non-hydrogen) atoms. The molecule has 0 aliphatic carbocycles. The highest BCUT2D eigenvalue weighted by molar-refractivity contribution is 9.10. The minimum atomic E-state index is -0.906. The lowest BCUT2D eigenvalue weighted by Crippen LogP contribution is -2.54. The van der Waals surface area contributed by atoms with Gasteiger partial charge in [0.05, 0.1) is 25.1 Å². The number of nitrogens with one attached hydrogen (secondary N) is 1. The summed E-state index contributed by atoms with van der Waals surface area (Å²) in [7, 11) is 0. The summed E-state index contributed by atoms with van der Waals surface area (Å²) in [5.41, 5.74) is 1.10. The summed E-state index contributed by atoms with van der Waals surface area (Å²) >= 11 is 15.3. The van der Waals surface area contributed by atoms with Crippen LogP contribution >= 0.6 is 39.1 Å². The van der Waals surface area contributed by atoms with Crippen LogP contribution in [0.5, 0.6) is 5.75 Å². The van der Waals surface area contributed by atoms with Gasteiger partial charge in [-0.1, -0.05) is 29.3 Å². The summed E-state index contributed by atoms with van der Waals surface area (Å²) in [4.78, 5) is 48.9. The van der Waals surface area contributed by atoms with Gasteiger partial charge in [-0.3, -0.25) is 25.0 Å². The third-order valence-electron chi connectivity index (χ3n) is 5.07. The number of ether oxygens (including phenoxy) is 1. The molecule has 0 bridgehead atoms. The number of nitro benzene ring substituents is 1. The van der Waals surface area contributed by atoms with E-state index in [1.807, 2.05) is 0 Å². The first kappa shape index (κ1) is 25.4. The fraction of sp³-hybridized carbons (Fsp3) is 0.0417. The molecule has 0 aromatic heterocycles. The Morgan fingerprint density at radius 1 is 1.00 bits per heavy atom. The van der Waals surface area contributed by atoms with E-state index in [4.69, 9.17) is 27.9 Å². The Morgan fingerprint density at radius 2 is 1.72 bits per heavy atom. The molecule has 4 rings (SSSR count). The normalized spacial score (nSPS) is 14.7. The number of barbiturate groups is 1. The summed E-state index contributed by atoms with van der Waals surface area (Å²) in [6.45, 7) is 0.165. The standard InChI is InChI=1S/C24H14BrCl2N3O6/c25-18-10-14(3-8-21(18)36-12-13-1-4-15(5-2-13)30(34)35)9-17-22(31)28-24(33)29(23(17)32)16-6-7-19(26)20(27)11-16/h1-11H,12H2,(H,28,31,33)/b17-9+. The molecule has 1 fully saturated rings. The van der Waals surface area contributed by atoms with E-state index in [9.17, 15) is 24.5 Å². The highest BCUT2D eigenvalue weighted by Crippen LogP contribution is 2.31. The number of nitro groups is 1. The number of benzene rings is 3. The maximum atomic E-state index is 13.0. The highest BCUT2D eigenvalue weighted by Gasteiger charge is 2.37. The summed E-state index contributed by atoms with van der Waals surface area (Å²) in [6.07, 6.45) is 1.35. The van der Waals surface area contributed by atoms with Crippen molar-refractivity contribution in [3.8, 4) is 5.75 Å². The van der Waals surface area contributed by atoms with Gasteiger partial charge in [-0.15, -0.1) is 0 Å². The second-order valence-corrected chi connectivity index (χ2v) is 9.13. The van der Waals surface area contributed by atoms with Crippen LogP contribution < -0.4 is 15.0 Å². The number of halogens is 3. The first-order chi connectivity index (χ1) is 17.1. The van der Waals surface area contributed by atoms with Crippen LogP contribution in [0, 0.1) is 10.1 Å². The van der Waals surface area contributed by atoms with Crippen LogP contribution in [0.3, 0.4) is 0 Å². The lowest BCUT2D eigenvalue weighted by Gasteiger charge is -2.26. The molecule has 3 aromatic rings. The fourth-order valence-electron chi connectivity index (χ4n) is 3.28. The average molecular weight is 591 g/mol. The smallest absolute Gasteiger partial charge is 0.335 e. The van der Waals surface area contributed by atoms with E-state index in [1.54, 1.807) is 30.3 Å². The van der Waals surface area contributed by atoms with Gasteiger partial charge in [0.1, 0.15) is 17.9 Å². The van der Waals surface area contributed by atoms with E-state index in [1.165, 1.54) is 36.4 Å². The van der Waals surface area contributed by atoms with Gasteiger partial charge in [0.25, 0.3) is 17.5 Å². The zero-order chi connectivity index (χ0) is 26.0. The number of amides is 4. The Kier molecular flexibility index (Phi) is 7.39. The largest absolute Gasteiger partial charge is 0.488 e. The fourth-order valence-corrected chi connectivity index (χ4v) is 4.08. The SMILES string of the molecule is O=C1NC(=O)N(c2ccc(Cl)c(Cl)c2)C(=O)/C1=C/c1ccc(OCc2ccc([N+](=O)[O-])cc2)c(Br)c1. The molecule has 182 valence electrons. The Hall–Kier alpha value is -3.73. The van der Waals surface area contributed by atoms with Gasteiger partial charge in [-0.05, 0) is 75.6 Å². The average Bonchev–Trinajstić information content (AvgIpc) is 2.83. The molecule has 0 atom stereocenters. The third-order valence-corrected chi connectivity index (χ3v) is 6.43. The topological polar surface area (TPSA) is 119 Å². The van der Waals surface area contributed by atoms with Gasteiger partial charge >= 0.3 is 6.03 Å². The monoisotopic (exact) mass is 589 g/mol. The molecule has 1 aliphatic heterocycles. The van der Waals surface area contributed by atoms with Crippen LogP contribution in [0.25, 0.3) is 6.08 Å². The second kappa shape index (κ2) is 10.5. The molecule has 12 heteroatoms. The number of nitrogens with zero attached hydrogens (tertiary/aromatic N) is 2. The maximum Gasteiger partial charge on any atom is 0.335 e. The summed E-state index contributed by atoms with van der Waals surface area (Å²) in [5.74, 6) is -1.18. The number of urea groups is 1. The van der Waals surface area contributed by atoms with Gasteiger partial charge in [0.2, 0.25) is 0 Å². The molecule has 0 spiro atoms. The molecule has 1 saturated heterocycles. The minimum absolute atomic E-state index is 0.0157. The number of non-ortho nitro benzene ring substituents is 1. The zero-order valence-corrected chi connectivity index (χ0v) is 21.1. The number of imide groups is 2. The molecule has 0 unspecified atom stereocenters. The van der Waals surface area contributed by atoms with Gasteiger partial charge in [0, 0.05) is 12.1 Å². The van der Waals surface area contributed by atoms with Gasteiger partial charge in [0.15, 0.2) is 0 Å². The van der Waals surface area contributed by atoms with E-state index >= 15 is 0 Å². The quantitative estimate of drug-likeness (QED) is 0.165. The Bertz CT molecular complexity index is 1440. The predicted octanol–water partition coefficient (Wildman–Crippen LogP) is 5.91. The summed E-state index contributed by atoms with van der Waals surface area (Å²) in [6, 6.07) is 14.2. The van der Waals surface area contributed by atoms with Crippen LogP contribution in [-0.4, -0.2) is 22.8 Å². The Labute approximate surface area is 222 Å². The number of carbonyl (C=O) groups excluding carboxylic acids is 3. The number of hydrogen-bond donors (Lipinski definition) is 1. The van der Waals surface area contributed by atoms with Crippen LogP contribution in [0.2, 0.25) is 10.0 Å². The molecule has 3 aromatic carbocycles. The van der Waals surface area contributed by atoms with Crippen LogP contribution in [0.1, 0.15) is 11.1 Å². The Morgan fingerprint density at radius 3 is 2.36 bits per heavy atom. The van der Waals surface area contributed by atoms with Crippen molar-refractivity contribution in [2.75, 3.05) is 4.90 Å². The first-order valence-corrected chi connectivity index (χ1v) is 11.7. The maximum absolute atomic E-state index is 13.0. The summed E-state index contributed by atoms with van der Waals surface area (Å²) < 4.78 is 6.30. The molecular formula is C24H14BrCl2N3O6. The molecule has 9 nitrogen and oxygen atoms in total. The number of rotatable bonds is 6. The molecule has 4 amide bonds. The van der Waals surface area contributed by atoms with Crippen molar-refractivity contribution in [2.24, 2.45) is 0 Å². The highest BCUT2D eigenvalue weighted by atomic mass is 79.9. The molecule has 1 N–H and O–H groups in total. The summed E-state index contributed by atoms with van der Waals surface area (Å²) in [5, 5.41) is 13.3. The van der Waals surface area contributed by atoms with E-state index in [0.29, 0.717) is 15.8 Å². The lowest BCUT2D eigenvalue weighted by molar-refractivity contribution is -0.384. The van der Waals surface area contributed by atoms with Crippen LogP contribution in [0.15, 0.2) is 70.7 Å². The Balaban J connectivity index is 1.53. The first-order valence-electron chi connectivity index (χ1n) is 10.2. The number of hydrogen-bond acceptors (Lipinski definition) is 6. The molecular weight excluding hydrogens is 577 g/mol. The van der Waals surface area contributed by atoms with Crippen molar-refractivity contribution >= 4 is 74.4 Å². The van der Waals surface area contributed by atoms with Crippen LogP contribution in [-0.2, 0) is 16.2 Å².